The summed E-state index contributed by atoms with van der Waals surface area (Å²) in [7, 11) is 0. The third-order valence-corrected chi connectivity index (χ3v) is 3.65. The van der Waals surface area contributed by atoms with Crippen LogP contribution in [0.5, 0.6) is 5.75 Å². The van der Waals surface area contributed by atoms with Crippen LogP contribution in [0, 0.1) is 5.82 Å². The highest BCUT2D eigenvalue weighted by atomic mass is 127. The van der Waals surface area contributed by atoms with Crippen molar-refractivity contribution >= 4 is 29.9 Å². The Kier molecular flexibility index (Phi) is 10.8. The minimum atomic E-state index is -0.376. The molecule has 0 aliphatic rings. The summed E-state index contributed by atoms with van der Waals surface area (Å²) >= 11 is 0. The summed E-state index contributed by atoms with van der Waals surface area (Å²) in [4.78, 5) is 8.83. The lowest BCUT2D eigenvalue weighted by Gasteiger charge is -2.15. The first-order chi connectivity index (χ1) is 13.0. The third-order valence-electron chi connectivity index (χ3n) is 3.65. The van der Waals surface area contributed by atoms with E-state index in [-0.39, 0.29) is 47.6 Å². The first kappa shape index (κ1) is 24.1. The average Bonchev–Trinajstić information content (AvgIpc) is 3.11. The van der Waals surface area contributed by atoms with Crippen LogP contribution < -0.4 is 15.4 Å². The van der Waals surface area contributed by atoms with Gasteiger partial charge in [-0.3, -0.25) is 0 Å². The number of nitrogens with one attached hydrogen (secondary N) is 2. The SMILES string of the molecule is CCNC(=NCC(C)Oc1ccccc1F)NCCc1nc(C(C)C)no1.I. The zero-order valence-corrected chi connectivity index (χ0v) is 19.1. The highest BCUT2D eigenvalue weighted by molar-refractivity contribution is 14.0. The molecule has 7 nitrogen and oxygen atoms in total. The van der Waals surface area contributed by atoms with E-state index in [1.807, 2.05) is 27.7 Å². The summed E-state index contributed by atoms with van der Waals surface area (Å²) in [6, 6.07) is 6.35. The smallest absolute Gasteiger partial charge is 0.228 e. The Labute approximate surface area is 182 Å². The topological polar surface area (TPSA) is 84.6 Å². The molecule has 0 amide bonds. The van der Waals surface area contributed by atoms with Gasteiger partial charge in [0.05, 0.1) is 6.54 Å². The van der Waals surface area contributed by atoms with Crippen molar-refractivity contribution in [2.75, 3.05) is 19.6 Å². The van der Waals surface area contributed by atoms with Gasteiger partial charge in [0.1, 0.15) is 6.10 Å². The maximum absolute atomic E-state index is 13.6. The molecule has 0 radical (unpaired) electrons. The first-order valence-corrected chi connectivity index (χ1v) is 9.25. The summed E-state index contributed by atoms with van der Waals surface area (Å²) in [5, 5.41) is 10.3. The lowest BCUT2D eigenvalue weighted by Crippen LogP contribution is -2.39. The van der Waals surface area contributed by atoms with E-state index in [9.17, 15) is 4.39 Å². The number of hydrogen-bond acceptors (Lipinski definition) is 5. The van der Waals surface area contributed by atoms with E-state index in [2.05, 4.69) is 25.8 Å². The van der Waals surface area contributed by atoms with Gasteiger partial charge in [0, 0.05) is 25.4 Å². The zero-order chi connectivity index (χ0) is 19.6. The monoisotopic (exact) mass is 505 g/mol. The molecule has 0 saturated carbocycles. The van der Waals surface area contributed by atoms with Crippen molar-refractivity contribution in [3.8, 4) is 5.75 Å². The highest BCUT2D eigenvalue weighted by Crippen LogP contribution is 2.17. The molecule has 1 heterocycles. The number of halogens is 2. The summed E-state index contributed by atoms with van der Waals surface area (Å²) in [6.07, 6.45) is 0.340. The van der Waals surface area contributed by atoms with Crippen molar-refractivity contribution in [3.05, 3.63) is 41.8 Å². The second kappa shape index (κ2) is 12.5. The minimum absolute atomic E-state index is 0. The summed E-state index contributed by atoms with van der Waals surface area (Å²) in [5.41, 5.74) is 0. The average molecular weight is 505 g/mol. The van der Waals surface area contributed by atoms with Gasteiger partial charge in [0.25, 0.3) is 0 Å². The summed E-state index contributed by atoms with van der Waals surface area (Å²) in [6.45, 7) is 9.61. The first-order valence-electron chi connectivity index (χ1n) is 9.25. The molecule has 0 bridgehead atoms. The molecule has 0 aliphatic heterocycles. The Bertz CT molecular complexity index is 739. The van der Waals surface area contributed by atoms with Crippen molar-refractivity contribution in [2.45, 2.75) is 46.1 Å². The highest BCUT2D eigenvalue weighted by Gasteiger charge is 2.10. The van der Waals surface area contributed by atoms with E-state index in [0.717, 1.165) is 6.54 Å². The normalized spacial score (nSPS) is 12.4. The fraction of sp³-hybridized carbons (Fsp3) is 0.526. The number of nitrogens with zero attached hydrogens (tertiary/aromatic N) is 3. The molecule has 9 heteroatoms. The fourth-order valence-corrected chi connectivity index (χ4v) is 2.25. The second-order valence-electron chi connectivity index (χ2n) is 6.46. The van der Waals surface area contributed by atoms with Gasteiger partial charge in [0.15, 0.2) is 23.4 Å². The molecule has 1 atom stereocenters. The van der Waals surface area contributed by atoms with Crippen LogP contribution in [-0.4, -0.2) is 41.8 Å². The number of guanidine groups is 1. The van der Waals surface area contributed by atoms with Crippen LogP contribution in [-0.2, 0) is 6.42 Å². The van der Waals surface area contributed by atoms with E-state index < -0.39 is 0 Å². The number of hydrogen-bond donors (Lipinski definition) is 2. The van der Waals surface area contributed by atoms with E-state index in [1.165, 1.54) is 6.07 Å². The number of benzene rings is 1. The largest absolute Gasteiger partial charge is 0.486 e. The zero-order valence-electron chi connectivity index (χ0n) is 16.7. The molecule has 1 aromatic heterocycles. The van der Waals surface area contributed by atoms with Gasteiger partial charge in [-0.2, -0.15) is 4.98 Å². The summed E-state index contributed by atoms with van der Waals surface area (Å²) in [5.74, 6) is 2.06. The predicted molar refractivity (Wildman–Crippen MR) is 118 cm³/mol. The van der Waals surface area contributed by atoms with Gasteiger partial charge in [-0.25, -0.2) is 9.38 Å². The van der Waals surface area contributed by atoms with Crippen LogP contribution in [0.15, 0.2) is 33.8 Å². The Balaban J connectivity index is 0.00000392. The van der Waals surface area contributed by atoms with E-state index in [4.69, 9.17) is 9.26 Å². The molecular weight excluding hydrogens is 476 g/mol. The molecule has 2 rings (SSSR count). The van der Waals surface area contributed by atoms with E-state index in [1.54, 1.807) is 18.2 Å². The van der Waals surface area contributed by atoms with Crippen molar-refractivity contribution < 1.29 is 13.7 Å². The molecule has 0 aliphatic carbocycles. The fourth-order valence-electron chi connectivity index (χ4n) is 2.25. The molecule has 0 saturated heterocycles. The lowest BCUT2D eigenvalue weighted by atomic mass is 10.2. The Morgan fingerprint density at radius 3 is 2.64 bits per heavy atom. The van der Waals surface area contributed by atoms with Crippen molar-refractivity contribution in [3.63, 3.8) is 0 Å². The lowest BCUT2D eigenvalue weighted by molar-refractivity contribution is 0.220. The van der Waals surface area contributed by atoms with Crippen LogP contribution in [0.4, 0.5) is 4.39 Å². The molecule has 2 aromatic rings. The van der Waals surface area contributed by atoms with Gasteiger partial charge in [-0.1, -0.05) is 31.1 Å². The Morgan fingerprint density at radius 2 is 2.00 bits per heavy atom. The van der Waals surface area contributed by atoms with E-state index in [0.29, 0.717) is 37.2 Å². The van der Waals surface area contributed by atoms with Crippen LogP contribution in [0.2, 0.25) is 0 Å². The van der Waals surface area contributed by atoms with Crippen LogP contribution >= 0.6 is 24.0 Å². The van der Waals surface area contributed by atoms with Gasteiger partial charge in [0.2, 0.25) is 5.89 Å². The summed E-state index contributed by atoms with van der Waals surface area (Å²) < 4.78 is 24.5. The quantitative estimate of drug-likeness (QED) is 0.308. The van der Waals surface area contributed by atoms with Crippen molar-refractivity contribution in [1.82, 2.24) is 20.8 Å². The van der Waals surface area contributed by atoms with Gasteiger partial charge >= 0.3 is 0 Å². The maximum Gasteiger partial charge on any atom is 0.228 e. The predicted octanol–water partition coefficient (Wildman–Crippen LogP) is 3.52. The number of aliphatic imine (C=N–C) groups is 1. The third kappa shape index (κ3) is 7.99. The minimum Gasteiger partial charge on any atom is -0.486 e. The molecule has 1 unspecified atom stereocenters. The molecule has 0 fully saturated rings. The standard InChI is InChI=1S/C19H28FN5O2.HI/c1-5-21-19(22-11-10-17-24-18(13(2)3)25-27-17)23-12-14(4)26-16-9-7-6-8-15(16)20;/h6-9,13-14H,5,10-12H2,1-4H3,(H2,21,22,23);1H. The molecular formula is C19H29FIN5O2. The van der Waals surface area contributed by atoms with Crippen LogP contribution in [0.3, 0.4) is 0 Å². The van der Waals surface area contributed by atoms with Crippen LogP contribution in [0.25, 0.3) is 0 Å². The molecule has 28 heavy (non-hydrogen) atoms. The molecule has 1 aromatic carbocycles. The molecule has 2 N–H and O–H groups in total. The Morgan fingerprint density at radius 1 is 1.25 bits per heavy atom. The van der Waals surface area contributed by atoms with Crippen LogP contribution in [0.1, 0.15) is 45.3 Å². The van der Waals surface area contributed by atoms with Crippen molar-refractivity contribution in [2.24, 2.45) is 4.99 Å². The second-order valence-corrected chi connectivity index (χ2v) is 6.46. The molecule has 0 spiro atoms. The van der Waals surface area contributed by atoms with Gasteiger partial charge in [-0.05, 0) is 26.0 Å². The van der Waals surface area contributed by atoms with E-state index >= 15 is 0 Å². The van der Waals surface area contributed by atoms with Crippen molar-refractivity contribution in [1.29, 1.82) is 0 Å². The maximum atomic E-state index is 13.6. The number of rotatable bonds is 9. The Hall–Kier alpha value is -1.91. The molecule has 156 valence electrons. The number of aromatic nitrogens is 2. The van der Waals surface area contributed by atoms with Gasteiger partial charge in [-0.15, -0.1) is 24.0 Å². The van der Waals surface area contributed by atoms with Gasteiger partial charge < -0.3 is 19.9 Å². The number of para-hydroxylation sites is 1. The number of ether oxygens (including phenoxy) is 1.